The van der Waals surface area contributed by atoms with Crippen LogP contribution in [0.25, 0.3) is 0 Å². The summed E-state index contributed by atoms with van der Waals surface area (Å²) in [5.74, 6) is -0.0298. The zero-order chi connectivity index (χ0) is 15.1. The number of hydrogen-bond donors (Lipinski definition) is 0. The van der Waals surface area contributed by atoms with Gasteiger partial charge >= 0.3 is 0 Å². The van der Waals surface area contributed by atoms with Crippen LogP contribution >= 0.6 is 0 Å². The zero-order valence-corrected chi connectivity index (χ0v) is 13.5. The molecule has 1 fully saturated rings. The Hall–Kier alpha value is -0.920. The van der Waals surface area contributed by atoms with Crippen LogP contribution in [0.5, 0.6) is 0 Å². The van der Waals surface area contributed by atoms with Crippen molar-refractivity contribution in [2.75, 3.05) is 18.6 Å². The van der Waals surface area contributed by atoms with Crippen molar-refractivity contribution >= 4 is 19.9 Å². The molecule has 1 saturated heterocycles. The molecule has 20 heavy (non-hydrogen) atoms. The summed E-state index contributed by atoms with van der Waals surface area (Å²) in [7, 11) is -5.30. The molecule has 112 valence electrons. The third-order valence-corrected chi connectivity index (χ3v) is 7.53. The second kappa shape index (κ2) is 5.13. The maximum atomic E-state index is 12.6. The molecule has 2 rings (SSSR count). The van der Waals surface area contributed by atoms with Crippen LogP contribution in [0.2, 0.25) is 0 Å². The third-order valence-electron chi connectivity index (χ3n) is 3.72. The molecule has 0 N–H and O–H groups in total. The Kier molecular flexibility index (Phi) is 3.96. The molecular formula is C13H19NO4S2. The van der Waals surface area contributed by atoms with Gasteiger partial charge in [0.2, 0.25) is 10.0 Å². The Morgan fingerprint density at radius 1 is 1.25 bits per heavy atom. The fourth-order valence-electron chi connectivity index (χ4n) is 2.40. The summed E-state index contributed by atoms with van der Waals surface area (Å²) in [6, 6.07) is 4.78. The van der Waals surface area contributed by atoms with Gasteiger partial charge in [0.25, 0.3) is 0 Å². The Morgan fingerprint density at radius 2 is 1.90 bits per heavy atom. The van der Waals surface area contributed by atoms with Crippen LogP contribution in [0.4, 0.5) is 0 Å². The van der Waals surface area contributed by atoms with E-state index in [0.29, 0.717) is 12.0 Å². The first-order valence-electron chi connectivity index (χ1n) is 6.39. The minimum Gasteiger partial charge on any atom is -0.229 e. The van der Waals surface area contributed by atoms with E-state index < -0.39 is 25.9 Å². The number of nitrogens with zero attached hydrogens (tertiary/aromatic N) is 1. The van der Waals surface area contributed by atoms with Gasteiger partial charge in [0.1, 0.15) is 0 Å². The van der Waals surface area contributed by atoms with Crippen LogP contribution in [-0.2, 0) is 19.9 Å². The monoisotopic (exact) mass is 317 g/mol. The van der Waals surface area contributed by atoms with E-state index in [1.54, 1.807) is 19.1 Å². The van der Waals surface area contributed by atoms with Crippen LogP contribution in [0, 0.1) is 13.8 Å². The highest BCUT2D eigenvalue weighted by Gasteiger charge is 2.36. The molecule has 5 nitrogen and oxygen atoms in total. The van der Waals surface area contributed by atoms with Gasteiger partial charge in [0.05, 0.1) is 16.4 Å². The van der Waals surface area contributed by atoms with Crippen molar-refractivity contribution in [1.29, 1.82) is 0 Å². The maximum Gasteiger partial charge on any atom is 0.243 e. The van der Waals surface area contributed by atoms with E-state index in [0.717, 1.165) is 5.56 Å². The second-order valence-electron chi connectivity index (χ2n) is 5.35. The number of rotatable bonds is 3. The summed E-state index contributed by atoms with van der Waals surface area (Å²) in [5.41, 5.74) is 1.53. The van der Waals surface area contributed by atoms with Crippen LogP contribution in [-0.4, -0.2) is 45.7 Å². The van der Waals surface area contributed by atoms with Gasteiger partial charge in [-0.3, -0.25) is 0 Å². The Balaban J connectivity index is 2.38. The fraction of sp³-hybridized carbons (Fsp3) is 0.538. The summed E-state index contributed by atoms with van der Waals surface area (Å²) in [4.78, 5) is 0.254. The lowest BCUT2D eigenvalue weighted by atomic mass is 10.2. The van der Waals surface area contributed by atoms with Gasteiger partial charge in [-0.15, -0.1) is 0 Å². The molecular weight excluding hydrogens is 298 g/mol. The maximum absolute atomic E-state index is 12.6. The molecule has 0 aromatic heterocycles. The first-order valence-corrected chi connectivity index (χ1v) is 9.65. The smallest absolute Gasteiger partial charge is 0.229 e. The van der Waals surface area contributed by atoms with Crippen LogP contribution in [0.1, 0.15) is 17.5 Å². The molecule has 0 bridgehead atoms. The highest BCUT2D eigenvalue weighted by atomic mass is 32.2. The Morgan fingerprint density at radius 3 is 2.45 bits per heavy atom. The summed E-state index contributed by atoms with van der Waals surface area (Å²) in [6.45, 7) is 3.57. The van der Waals surface area contributed by atoms with E-state index >= 15 is 0 Å². The molecule has 0 unspecified atom stereocenters. The average molecular weight is 317 g/mol. The van der Waals surface area contributed by atoms with Crippen molar-refractivity contribution in [2.24, 2.45) is 0 Å². The lowest BCUT2D eigenvalue weighted by molar-refractivity contribution is 0.393. The Labute approximate surface area is 120 Å². The van der Waals surface area contributed by atoms with Crippen molar-refractivity contribution in [1.82, 2.24) is 4.31 Å². The second-order valence-corrected chi connectivity index (χ2v) is 9.54. The number of hydrogen-bond acceptors (Lipinski definition) is 4. The number of aryl methyl sites for hydroxylation is 2. The van der Waals surface area contributed by atoms with Crippen molar-refractivity contribution in [3.63, 3.8) is 0 Å². The van der Waals surface area contributed by atoms with Crippen LogP contribution in [0.15, 0.2) is 23.1 Å². The van der Waals surface area contributed by atoms with E-state index in [1.165, 1.54) is 11.4 Å². The van der Waals surface area contributed by atoms with Gasteiger partial charge in [-0.25, -0.2) is 16.8 Å². The molecule has 7 heteroatoms. The van der Waals surface area contributed by atoms with E-state index in [-0.39, 0.29) is 16.4 Å². The minimum atomic E-state index is -3.66. The SMILES string of the molecule is Cc1ccc(C)c(S(=O)(=O)N(C)[C@H]2CCS(=O)(=O)C2)c1. The topological polar surface area (TPSA) is 71.5 Å². The zero-order valence-electron chi connectivity index (χ0n) is 11.8. The highest BCUT2D eigenvalue weighted by Crippen LogP contribution is 2.25. The summed E-state index contributed by atoms with van der Waals surface area (Å²) in [6.07, 6.45) is 0.364. The van der Waals surface area contributed by atoms with Gasteiger partial charge in [-0.2, -0.15) is 4.31 Å². The number of sulfonamides is 1. The van der Waals surface area contributed by atoms with Crippen molar-refractivity contribution in [3.8, 4) is 0 Å². The van der Waals surface area contributed by atoms with Crippen LogP contribution in [0.3, 0.4) is 0 Å². The summed E-state index contributed by atoms with van der Waals surface area (Å²) in [5, 5.41) is 0. The van der Waals surface area contributed by atoms with Gasteiger partial charge in [-0.05, 0) is 37.5 Å². The van der Waals surface area contributed by atoms with Crippen molar-refractivity contribution < 1.29 is 16.8 Å². The van der Waals surface area contributed by atoms with Gasteiger partial charge in [0.15, 0.2) is 9.84 Å². The lowest BCUT2D eigenvalue weighted by Crippen LogP contribution is -2.38. The predicted octanol–water partition coefficient (Wildman–Crippen LogP) is 1.11. The van der Waals surface area contributed by atoms with E-state index in [9.17, 15) is 16.8 Å². The van der Waals surface area contributed by atoms with E-state index in [1.807, 2.05) is 13.0 Å². The molecule has 1 heterocycles. The molecule has 0 amide bonds. The molecule has 1 aliphatic rings. The fourth-order valence-corrected chi connectivity index (χ4v) is 5.96. The molecule has 1 aromatic carbocycles. The number of benzene rings is 1. The van der Waals surface area contributed by atoms with E-state index in [4.69, 9.17) is 0 Å². The largest absolute Gasteiger partial charge is 0.243 e. The molecule has 1 aliphatic heterocycles. The first-order chi connectivity index (χ1) is 9.13. The summed E-state index contributed by atoms with van der Waals surface area (Å²) >= 11 is 0. The Bertz CT molecular complexity index is 723. The average Bonchev–Trinajstić information content (AvgIpc) is 2.71. The van der Waals surface area contributed by atoms with Gasteiger partial charge in [-0.1, -0.05) is 12.1 Å². The molecule has 0 saturated carbocycles. The number of sulfone groups is 1. The van der Waals surface area contributed by atoms with Gasteiger partial charge in [0, 0.05) is 13.1 Å². The predicted molar refractivity (Wildman–Crippen MR) is 77.9 cm³/mol. The van der Waals surface area contributed by atoms with E-state index in [2.05, 4.69) is 0 Å². The highest BCUT2D eigenvalue weighted by molar-refractivity contribution is 7.92. The quantitative estimate of drug-likeness (QED) is 0.837. The van der Waals surface area contributed by atoms with Crippen molar-refractivity contribution in [3.05, 3.63) is 29.3 Å². The lowest BCUT2D eigenvalue weighted by Gasteiger charge is -2.23. The third kappa shape index (κ3) is 2.89. The van der Waals surface area contributed by atoms with Crippen molar-refractivity contribution in [2.45, 2.75) is 31.2 Å². The molecule has 0 radical (unpaired) electrons. The molecule has 1 atom stereocenters. The minimum absolute atomic E-state index is 0.0598. The van der Waals surface area contributed by atoms with Gasteiger partial charge < -0.3 is 0 Å². The summed E-state index contributed by atoms with van der Waals surface area (Å²) < 4.78 is 49.5. The molecule has 1 aromatic rings. The molecule has 0 spiro atoms. The molecule has 0 aliphatic carbocycles. The standard InChI is InChI=1S/C13H19NO4S2/c1-10-4-5-11(2)13(8-10)20(17,18)14(3)12-6-7-19(15,16)9-12/h4-5,8,12H,6-7,9H2,1-3H3/t12-/m0/s1. The first kappa shape index (κ1) is 15.5. The normalized spacial score (nSPS) is 22.3. The van der Waals surface area contributed by atoms with Crippen LogP contribution < -0.4 is 0 Å².